The summed E-state index contributed by atoms with van der Waals surface area (Å²) in [4.78, 5) is 14.3. The molecule has 2 heterocycles. The van der Waals surface area contributed by atoms with Crippen LogP contribution in [0.25, 0.3) is 0 Å². The van der Waals surface area contributed by atoms with Gasteiger partial charge in [0.15, 0.2) is 0 Å². The lowest BCUT2D eigenvalue weighted by atomic mass is 10.1. The van der Waals surface area contributed by atoms with Crippen molar-refractivity contribution >= 4 is 5.91 Å². The lowest BCUT2D eigenvalue weighted by molar-refractivity contribution is 0.0726. The lowest BCUT2D eigenvalue weighted by Crippen LogP contribution is -2.31. The summed E-state index contributed by atoms with van der Waals surface area (Å²) in [5.74, 6) is 0.287. The highest BCUT2D eigenvalue weighted by atomic mass is 19.1. The molecular formula is C17H19FN2O2. The first-order chi connectivity index (χ1) is 10.6. The molecule has 1 aromatic carbocycles. The highest BCUT2D eigenvalue weighted by molar-refractivity contribution is 5.94. The standard InChI is InChI=1S/C17H19FN2O2/c1-11(2)16-10-14(19-22-16)15-8-5-9-20(15)17(21)12-6-3-4-7-13(12)18/h3-4,6-7,10-11,15H,5,8-9H2,1-2H3/t15-/m1/s1. The molecule has 3 rings (SSSR count). The molecule has 0 aliphatic carbocycles. The second kappa shape index (κ2) is 5.91. The number of hydrogen-bond acceptors (Lipinski definition) is 3. The molecule has 0 spiro atoms. The van der Waals surface area contributed by atoms with E-state index in [1.54, 1.807) is 17.0 Å². The minimum atomic E-state index is -0.485. The number of carbonyl (C=O) groups is 1. The largest absolute Gasteiger partial charge is 0.361 e. The Morgan fingerprint density at radius 2 is 2.18 bits per heavy atom. The summed E-state index contributed by atoms with van der Waals surface area (Å²) >= 11 is 0. The Morgan fingerprint density at radius 1 is 1.41 bits per heavy atom. The fraction of sp³-hybridized carbons (Fsp3) is 0.412. The van der Waals surface area contributed by atoms with Crippen molar-refractivity contribution in [1.29, 1.82) is 0 Å². The third-order valence-corrected chi connectivity index (χ3v) is 4.07. The molecule has 4 nitrogen and oxygen atoms in total. The van der Waals surface area contributed by atoms with Crippen LogP contribution >= 0.6 is 0 Å². The predicted molar refractivity (Wildman–Crippen MR) is 80.0 cm³/mol. The van der Waals surface area contributed by atoms with Crippen molar-refractivity contribution in [2.75, 3.05) is 6.54 Å². The summed E-state index contributed by atoms with van der Waals surface area (Å²) in [5.41, 5.74) is 0.868. The van der Waals surface area contributed by atoms with Crippen LogP contribution in [-0.4, -0.2) is 22.5 Å². The Hall–Kier alpha value is -2.17. The molecule has 0 N–H and O–H groups in total. The fourth-order valence-electron chi connectivity index (χ4n) is 2.84. The van der Waals surface area contributed by atoms with Crippen LogP contribution in [0.4, 0.5) is 4.39 Å². The molecule has 1 fully saturated rings. The van der Waals surface area contributed by atoms with Crippen molar-refractivity contribution < 1.29 is 13.7 Å². The van der Waals surface area contributed by atoms with E-state index in [1.807, 2.05) is 19.9 Å². The number of rotatable bonds is 3. The summed E-state index contributed by atoms with van der Waals surface area (Å²) in [6.45, 7) is 4.67. The smallest absolute Gasteiger partial charge is 0.257 e. The Kier molecular flexibility index (Phi) is 3.96. The van der Waals surface area contributed by atoms with Gasteiger partial charge in [0.1, 0.15) is 17.3 Å². The fourth-order valence-corrected chi connectivity index (χ4v) is 2.84. The number of benzene rings is 1. The lowest BCUT2D eigenvalue weighted by Gasteiger charge is -2.23. The van der Waals surface area contributed by atoms with Crippen LogP contribution in [0, 0.1) is 5.82 Å². The van der Waals surface area contributed by atoms with Crippen LogP contribution in [0.2, 0.25) is 0 Å². The zero-order valence-electron chi connectivity index (χ0n) is 12.8. The van der Waals surface area contributed by atoms with Gasteiger partial charge in [0.2, 0.25) is 0 Å². The van der Waals surface area contributed by atoms with Crippen molar-refractivity contribution in [3.63, 3.8) is 0 Å². The van der Waals surface area contributed by atoms with Gasteiger partial charge in [-0.3, -0.25) is 4.79 Å². The number of aromatic nitrogens is 1. The summed E-state index contributed by atoms with van der Waals surface area (Å²) in [6, 6.07) is 7.86. The monoisotopic (exact) mass is 302 g/mol. The van der Waals surface area contributed by atoms with E-state index < -0.39 is 5.82 Å². The van der Waals surface area contributed by atoms with E-state index in [2.05, 4.69) is 5.16 Å². The maximum atomic E-state index is 13.9. The second-order valence-corrected chi connectivity index (χ2v) is 5.95. The zero-order chi connectivity index (χ0) is 15.7. The average molecular weight is 302 g/mol. The SMILES string of the molecule is CC(C)c1cc([C@H]2CCCN2C(=O)c2ccccc2F)no1. The van der Waals surface area contributed by atoms with Crippen molar-refractivity contribution in [2.45, 2.75) is 38.6 Å². The van der Waals surface area contributed by atoms with Crippen molar-refractivity contribution in [1.82, 2.24) is 10.1 Å². The van der Waals surface area contributed by atoms with Crippen LogP contribution < -0.4 is 0 Å². The number of carbonyl (C=O) groups excluding carboxylic acids is 1. The van der Waals surface area contributed by atoms with Crippen LogP contribution in [-0.2, 0) is 0 Å². The van der Waals surface area contributed by atoms with Gasteiger partial charge in [-0.1, -0.05) is 31.1 Å². The Morgan fingerprint density at radius 3 is 2.86 bits per heavy atom. The van der Waals surface area contributed by atoms with Crippen molar-refractivity contribution in [2.24, 2.45) is 0 Å². The molecule has 1 aromatic heterocycles. The molecule has 116 valence electrons. The average Bonchev–Trinajstić information content (AvgIpc) is 3.15. The van der Waals surface area contributed by atoms with Gasteiger partial charge in [0.05, 0.1) is 11.6 Å². The summed E-state index contributed by atoms with van der Waals surface area (Å²) in [6.07, 6.45) is 1.71. The summed E-state index contributed by atoms with van der Waals surface area (Å²) in [7, 11) is 0. The Balaban J connectivity index is 1.86. The van der Waals surface area contributed by atoms with Crippen molar-refractivity contribution in [3.8, 4) is 0 Å². The molecule has 2 aromatic rings. The van der Waals surface area contributed by atoms with Crippen LogP contribution in [0.5, 0.6) is 0 Å². The zero-order valence-corrected chi connectivity index (χ0v) is 12.8. The molecule has 1 aliphatic rings. The molecule has 22 heavy (non-hydrogen) atoms. The number of nitrogens with zero attached hydrogens (tertiary/aromatic N) is 2. The first kappa shape index (κ1) is 14.8. The molecule has 1 atom stereocenters. The van der Waals surface area contributed by atoms with Gasteiger partial charge in [0, 0.05) is 18.5 Å². The number of hydrogen-bond donors (Lipinski definition) is 0. The Bertz CT molecular complexity index is 681. The van der Waals surface area contributed by atoms with Gasteiger partial charge in [-0.05, 0) is 25.0 Å². The van der Waals surface area contributed by atoms with Crippen LogP contribution in [0.1, 0.15) is 60.5 Å². The maximum absolute atomic E-state index is 13.9. The van der Waals surface area contributed by atoms with E-state index in [4.69, 9.17) is 4.52 Å². The van der Waals surface area contributed by atoms with E-state index in [1.165, 1.54) is 12.1 Å². The topological polar surface area (TPSA) is 46.3 Å². The first-order valence-corrected chi connectivity index (χ1v) is 7.60. The minimum Gasteiger partial charge on any atom is -0.361 e. The van der Waals surface area contributed by atoms with Crippen LogP contribution in [0.15, 0.2) is 34.9 Å². The number of halogens is 1. The van der Waals surface area contributed by atoms with Gasteiger partial charge in [-0.25, -0.2) is 4.39 Å². The third-order valence-electron chi connectivity index (χ3n) is 4.07. The van der Waals surface area contributed by atoms with E-state index in [9.17, 15) is 9.18 Å². The second-order valence-electron chi connectivity index (χ2n) is 5.95. The summed E-state index contributed by atoms with van der Waals surface area (Å²) < 4.78 is 19.2. The third kappa shape index (κ3) is 2.63. The molecule has 0 unspecified atom stereocenters. The van der Waals surface area contributed by atoms with Crippen molar-refractivity contribution in [3.05, 3.63) is 53.2 Å². The highest BCUT2D eigenvalue weighted by Crippen LogP contribution is 2.34. The summed E-state index contributed by atoms with van der Waals surface area (Å²) in [5, 5.41) is 4.11. The number of amides is 1. The quantitative estimate of drug-likeness (QED) is 0.863. The molecule has 1 aliphatic heterocycles. The molecule has 1 saturated heterocycles. The first-order valence-electron chi connectivity index (χ1n) is 7.60. The van der Waals surface area contributed by atoms with E-state index in [0.717, 1.165) is 24.3 Å². The minimum absolute atomic E-state index is 0.113. The van der Waals surface area contributed by atoms with Gasteiger partial charge < -0.3 is 9.42 Å². The van der Waals surface area contributed by atoms with E-state index in [-0.39, 0.29) is 23.4 Å². The normalized spacial score (nSPS) is 18.2. The van der Waals surface area contributed by atoms with E-state index >= 15 is 0 Å². The molecule has 5 heteroatoms. The van der Waals surface area contributed by atoms with E-state index in [0.29, 0.717) is 6.54 Å². The molecule has 1 amide bonds. The maximum Gasteiger partial charge on any atom is 0.257 e. The number of likely N-dealkylation sites (tertiary alicyclic amines) is 1. The van der Waals surface area contributed by atoms with Gasteiger partial charge in [-0.2, -0.15) is 0 Å². The Labute approximate surface area is 128 Å². The van der Waals surface area contributed by atoms with Gasteiger partial charge in [0.25, 0.3) is 5.91 Å². The molecule has 0 saturated carbocycles. The highest BCUT2D eigenvalue weighted by Gasteiger charge is 2.33. The molecule has 0 radical (unpaired) electrons. The molecular weight excluding hydrogens is 283 g/mol. The van der Waals surface area contributed by atoms with Gasteiger partial charge in [-0.15, -0.1) is 0 Å². The predicted octanol–water partition coefficient (Wildman–Crippen LogP) is 3.91. The van der Waals surface area contributed by atoms with Crippen LogP contribution in [0.3, 0.4) is 0 Å². The van der Waals surface area contributed by atoms with Gasteiger partial charge >= 0.3 is 0 Å². The molecule has 0 bridgehead atoms.